The number of ether oxygens (including phenoxy) is 2. The average Bonchev–Trinajstić information content (AvgIpc) is 2.61. The Labute approximate surface area is 157 Å². The van der Waals surface area contributed by atoms with Gasteiger partial charge in [-0.15, -0.1) is 12.4 Å². The standard InChI is InChI=1S/C19H30N2O3.ClH/c1-4-16(24-17-8-6-5-7-15(17)2)13-21-18(22)19(14-23-3)9-11-20-12-10-19;/h5-8,16,20H,4,9-14H2,1-3H3,(H,21,22);1H. The number of halogens is 1. The number of benzene rings is 1. The number of hydrogen-bond acceptors (Lipinski definition) is 4. The molecular weight excluding hydrogens is 340 g/mol. The van der Waals surface area contributed by atoms with Crippen molar-refractivity contribution in [2.45, 2.75) is 39.2 Å². The van der Waals surface area contributed by atoms with Gasteiger partial charge in [-0.2, -0.15) is 0 Å². The summed E-state index contributed by atoms with van der Waals surface area (Å²) in [7, 11) is 1.66. The number of para-hydroxylation sites is 1. The normalized spacial score (nSPS) is 17.2. The van der Waals surface area contributed by atoms with Gasteiger partial charge in [0.15, 0.2) is 0 Å². The van der Waals surface area contributed by atoms with Crippen LogP contribution >= 0.6 is 12.4 Å². The number of amides is 1. The third-order valence-corrected chi connectivity index (χ3v) is 4.80. The maximum atomic E-state index is 12.8. The van der Waals surface area contributed by atoms with Gasteiger partial charge in [-0.3, -0.25) is 4.79 Å². The van der Waals surface area contributed by atoms with E-state index in [-0.39, 0.29) is 24.4 Å². The summed E-state index contributed by atoms with van der Waals surface area (Å²) in [6.45, 7) is 6.80. The Morgan fingerprint density at radius 1 is 1.32 bits per heavy atom. The molecule has 1 aromatic carbocycles. The molecule has 1 atom stereocenters. The number of carbonyl (C=O) groups is 1. The minimum atomic E-state index is -0.416. The fourth-order valence-electron chi connectivity index (χ4n) is 3.15. The van der Waals surface area contributed by atoms with Crippen LogP contribution in [0.3, 0.4) is 0 Å². The van der Waals surface area contributed by atoms with Crippen molar-refractivity contribution in [2.24, 2.45) is 5.41 Å². The summed E-state index contributed by atoms with van der Waals surface area (Å²) >= 11 is 0. The van der Waals surface area contributed by atoms with Crippen LogP contribution < -0.4 is 15.4 Å². The quantitative estimate of drug-likeness (QED) is 0.738. The fraction of sp³-hybridized carbons (Fsp3) is 0.632. The Bertz CT molecular complexity index is 528. The summed E-state index contributed by atoms with van der Waals surface area (Å²) < 4.78 is 11.4. The first-order chi connectivity index (χ1) is 11.6. The van der Waals surface area contributed by atoms with Crippen LogP contribution in [0.25, 0.3) is 0 Å². The molecule has 1 amide bonds. The molecule has 1 saturated heterocycles. The Balaban J connectivity index is 0.00000312. The molecule has 1 unspecified atom stereocenters. The van der Waals surface area contributed by atoms with E-state index in [0.29, 0.717) is 13.2 Å². The minimum Gasteiger partial charge on any atom is -0.488 e. The molecule has 2 N–H and O–H groups in total. The third kappa shape index (κ3) is 5.87. The van der Waals surface area contributed by atoms with Crippen LogP contribution in [-0.4, -0.2) is 45.4 Å². The van der Waals surface area contributed by atoms with Gasteiger partial charge in [0.2, 0.25) is 5.91 Å². The molecule has 0 aromatic heterocycles. The number of methoxy groups -OCH3 is 1. The lowest BCUT2D eigenvalue weighted by atomic mass is 9.78. The number of piperidine rings is 1. The smallest absolute Gasteiger partial charge is 0.228 e. The van der Waals surface area contributed by atoms with E-state index in [9.17, 15) is 4.79 Å². The van der Waals surface area contributed by atoms with Crippen LogP contribution in [0, 0.1) is 12.3 Å². The Morgan fingerprint density at radius 2 is 2.00 bits per heavy atom. The molecule has 0 aliphatic carbocycles. The first kappa shape index (κ1) is 21.7. The second-order valence-corrected chi connectivity index (χ2v) is 6.59. The lowest BCUT2D eigenvalue weighted by molar-refractivity contribution is -0.136. The Hall–Kier alpha value is -1.30. The molecule has 0 spiro atoms. The number of aryl methyl sites for hydroxylation is 1. The summed E-state index contributed by atoms with van der Waals surface area (Å²) in [5.74, 6) is 0.963. The van der Waals surface area contributed by atoms with E-state index >= 15 is 0 Å². The summed E-state index contributed by atoms with van der Waals surface area (Å²) in [6, 6.07) is 7.97. The van der Waals surface area contributed by atoms with Crippen molar-refractivity contribution in [3.8, 4) is 5.75 Å². The van der Waals surface area contributed by atoms with Crippen LogP contribution in [0.1, 0.15) is 31.7 Å². The van der Waals surface area contributed by atoms with Gasteiger partial charge in [0.05, 0.1) is 18.6 Å². The van der Waals surface area contributed by atoms with Crippen molar-refractivity contribution in [3.63, 3.8) is 0 Å². The predicted octanol–water partition coefficient (Wildman–Crippen LogP) is 2.71. The van der Waals surface area contributed by atoms with Crippen molar-refractivity contribution in [1.29, 1.82) is 0 Å². The van der Waals surface area contributed by atoms with Crippen molar-refractivity contribution in [3.05, 3.63) is 29.8 Å². The van der Waals surface area contributed by atoms with Crippen LogP contribution in [0.4, 0.5) is 0 Å². The van der Waals surface area contributed by atoms with Crippen LogP contribution in [0.2, 0.25) is 0 Å². The van der Waals surface area contributed by atoms with Crippen molar-refractivity contribution < 1.29 is 14.3 Å². The molecule has 0 radical (unpaired) electrons. The topological polar surface area (TPSA) is 59.6 Å². The maximum absolute atomic E-state index is 12.8. The van der Waals surface area contributed by atoms with E-state index in [2.05, 4.69) is 17.6 Å². The molecule has 1 aromatic rings. The molecule has 5 nitrogen and oxygen atoms in total. The maximum Gasteiger partial charge on any atom is 0.228 e. The van der Waals surface area contributed by atoms with Crippen LogP contribution in [-0.2, 0) is 9.53 Å². The van der Waals surface area contributed by atoms with Gasteiger partial charge in [0.1, 0.15) is 11.9 Å². The molecule has 1 fully saturated rings. The molecule has 1 heterocycles. The number of rotatable bonds is 8. The lowest BCUT2D eigenvalue weighted by Crippen LogP contribution is -2.51. The zero-order valence-corrected chi connectivity index (χ0v) is 16.3. The van der Waals surface area contributed by atoms with Crippen molar-refractivity contribution in [1.82, 2.24) is 10.6 Å². The molecule has 1 aliphatic rings. The first-order valence-electron chi connectivity index (χ1n) is 8.81. The van der Waals surface area contributed by atoms with Gasteiger partial charge >= 0.3 is 0 Å². The molecule has 6 heteroatoms. The van der Waals surface area contributed by atoms with Gasteiger partial charge in [0.25, 0.3) is 0 Å². The van der Waals surface area contributed by atoms with E-state index in [1.165, 1.54) is 0 Å². The lowest BCUT2D eigenvalue weighted by Gasteiger charge is -2.36. The summed E-state index contributed by atoms with van der Waals surface area (Å²) in [5, 5.41) is 6.40. The number of carbonyl (C=O) groups excluding carboxylic acids is 1. The third-order valence-electron chi connectivity index (χ3n) is 4.80. The second kappa shape index (κ2) is 10.6. The van der Waals surface area contributed by atoms with Gasteiger partial charge < -0.3 is 20.1 Å². The van der Waals surface area contributed by atoms with E-state index in [0.717, 1.165) is 43.7 Å². The monoisotopic (exact) mass is 370 g/mol. The Kier molecular flexibility index (Phi) is 9.25. The summed E-state index contributed by atoms with van der Waals surface area (Å²) in [5.41, 5.74) is 0.692. The van der Waals surface area contributed by atoms with Crippen LogP contribution in [0.15, 0.2) is 24.3 Å². The Morgan fingerprint density at radius 3 is 2.60 bits per heavy atom. The van der Waals surface area contributed by atoms with Crippen molar-refractivity contribution >= 4 is 18.3 Å². The largest absolute Gasteiger partial charge is 0.488 e. The molecule has 0 saturated carbocycles. The van der Waals surface area contributed by atoms with E-state index in [1.54, 1.807) is 7.11 Å². The number of hydrogen-bond donors (Lipinski definition) is 2. The van der Waals surface area contributed by atoms with Gasteiger partial charge in [0, 0.05) is 7.11 Å². The first-order valence-corrected chi connectivity index (χ1v) is 8.81. The zero-order chi connectivity index (χ0) is 17.4. The molecule has 25 heavy (non-hydrogen) atoms. The number of nitrogens with one attached hydrogen (secondary N) is 2. The molecule has 142 valence electrons. The van der Waals surface area contributed by atoms with E-state index in [1.807, 2.05) is 31.2 Å². The van der Waals surface area contributed by atoms with E-state index in [4.69, 9.17) is 9.47 Å². The highest BCUT2D eigenvalue weighted by Crippen LogP contribution is 2.29. The summed E-state index contributed by atoms with van der Waals surface area (Å²) in [6.07, 6.45) is 2.42. The highest BCUT2D eigenvalue weighted by molar-refractivity contribution is 5.85. The molecule has 2 rings (SSSR count). The van der Waals surface area contributed by atoms with Crippen molar-refractivity contribution in [2.75, 3.05) is 33.4 Å². The minimum absolute atomic E-state index is 0. The molecule has 1 aliphatic heterocycles. The van der Waals surface area contributed by atoms with Gasteiger partial charge in [-0.25, -0.2) is 0 Å². The predicted molar refractivity (Wildman–Crippen MR) is 103 cm³/mol. The highest BCUT2D eigenvalue weighted by atomic mass is 35.5. The second-order valence-electron chi connectivity index (χ2n) is 6.59. The average molecular weight is 371 g/mol. The molecular formula is C19H31ClN2O3. The van der Waals surface area contributed by atoms with Gasteiger partial charge in [-0.1, -0.05) is 25.1 Å². The fourth-order valence-corrected chi connectivity index (χ4v) is 3.15. The van der Waals surface area contributed by atoms with Gasteiger partial charge in [-0.05, 0) is 50.9 Å². The van der Waals surface area contributed by atoms with Crippen LogP contribution in [0.5, 0.6) is 5.75 Å². The zero-order valence-electron chi connectivity index (χ0n) is 15.5. The molecule has 0 bridgehead atoms. The SMILES string of the molecule is CCC(CNC(=O)C1(COC)CCNCC1)Oc1ccccc1C.Cl. The highest BCUT2D eigenvalue weighted by Gasteiger charge is 2.39. The summed E-state index contributed by atoms with van der Waals surface area (Å²) in [4.78, 5) is 12.8. The van der Waals surface area contributed by atoms with E-state index < -0.39 is 5.41 Å².